The Hall–Kier alpha value is -0.560. The molecule has 0 aliphatic heterocycles. The Morgan fingerprint density at radius 1 is 1.33 bits per heavy atom. The molecule has 15 heavy (non-hydrogen) atoms. The van der Waals surface area contributed by atoms with Crippen molar-refractivity contribution in [1.29, 1.82) is 0 Å². The molecular weight excluding hydrogens is 325 g/mol. The second-order valence-corrected chi connectivity index (χ2v) is 6.53. The molecular formula is C10H10INO2S. The highest BCUT2D eigenvalue weighted by Crippen LogP contribution is 2.26. The highest BCUT2D eigenvalue weighted by atomic mass is 127. The van der Waals surface area contributed by atoms with E-state index >= 15 is 0 Å². The van der Waals surface area contributed by atoms with E-state index in [2.05, 4.69) is 22.6 Å². The van der Waals surface area contributed by atoms with Crippen LogP contribution in [0.3, 0.4) is 0 Å². The van der Waals surface area contributed by atoms with Crippen LogP contribution < -0.4 is 0 Å². The lowest BCUT2D eigenvalue weighted by atomic mass is 10.1. The molecule has 0 saturated heterocycles. The number of aryl methyl sites for hydroxylation is 1. The molecule has 1 aromatic heterocycles. The van der Waals surface area contributed by atoms with Gasteiger partial charge in [0, 0.05) is 15.2 Å². The minimum atomic E-state index is -3.21. The zero-order valence-corrected chi connectivity index (χ0v) is 11.3. The lowest BCUT2D eigenvalue weighted by Gasteiger charge is -2.01. The average Bonchev–Trinajstić information content (AvgIpc) is 2.44. The van der Waals surface area contributed by atoms with Gasteiger partial charge in [-0.1, -0.05) is 12.1 Å². The van der Waals surface area contributed by atoms with Crippen LogP contribution >= 0.6 is 22.6 Å². The molecule has 5 heteroatoms. The molecule has 0 atom stereocenters. The fraction of sp³-hybridized carbons (Fsp3) is 0.200. The number of aromatic nitrogens is 1. The number of benzene rings is 1. The Morgan fingerprint density at radius 3 is 2.60 bits per heavy atom. The monoisotopic (exact) mass is 335 g/mol. The van der Waals surface area contributed by atoms with Gasteiger partial charge in [-0.15, -0.1) is 0 Å². The largest absolute Gasteiger partial charge is 0.244 e. The van der Waals surface area contributed by atoms with Crippen molar-refractivity contribution in [2.24, 2.45) is 0 Å². The van der Waals surface area contributed by atoms with Crippen LogP contribution in [0.15, 0.2) is 24.4 Å². The molecule has 1 heterocycles. The van der Waals surface area contributed by atoms with Crippen LogP contribution in [0.5, 0.6) is 0 Å². The van der Waals surface area contributed by atoms with Crippen LogP contribution in [0.4, 0.5) is 0 Å². The van der Waals surface area contributed by atoms with Crippen molar-refractivity contribution in [3.8, 4) is 0 Å². The van der Waals surface area contributed by atoms with Gasteiger partial charge in [-0.05, 0) is 41.1 Å². The van der Waals surface area contributed by atoms with Crippen molar-refractivity contribution in [1.82, 2.24) is 3.97 Å². The van der Waals surface area contributed by atoms with E-state index in [0.717, 1.165) is 20.0 Å². The third kappa shape index (κ3) is 1.78. The van der Waals surface area contributed by atoms with E-state index in [1.165, 1.54) is 10.2 Å². The third-order valence-corrected chi connectivity index (χ3v) is 4.15. The van der Waals surface area contributed by atoms with E-state index in [4.69, 9.17) is 0 Å². The zero-order valence-electron chi connectivity index (χ0n) is 8.36. The van der Waals surface area contributed by atoms with Gasteiger partial charge in [-0.2, -0.15) is 0 Å². The Kier molecular flexibility index (Phi) is 2.54. The molecule has 0 bridgehead atoms. The maximum atomic E-state index is 11.5. The SMILES string of the molecule is Cc1cccc2c1c(I)cn2S(C)(=O)=O. The van der Waals surface area contributed by atoms with Crippen molar-refractivity contribution in [2.45, 2.75) is 6.92 Å². The Morgan fingerprint density at radius 2 is 2.00 bits per heavy atom. The van der Waals surface area contributed by atoms with Crippen LogP contribution in [0, 0.1) is 10.5 Å². The summed E-state index contributed by atoms with van der Waals surface area (Å²) < 4.78 is 25.4. The first-order valence-electron chi connectivity index (χ1n) is 4.38. The van der Waals surface area contributed by atoms with Crippen molar-refractivity contribution in [3.05, 3.63) is 33.5 Å². The summed E-state index contributed by atoms with van der Waals surface area (Å²) in [4.78, 5) is 0. The molecule has 0 saturated carbocycles. The normalized spacial score (nSPS) is 12.2. The van der Waals surface area contributed by atoms with Gasteiger partial charge in [0.25, 0.3) is 0 Å². The first kappa shape index (κ1) is 10.9. The summed E-state index contributed by atoms with van der Waals surface area (Å²) in [7, 11) is -3.21. The molecule has 0 aliphatic carbocycles. The topological polar surface area (TPSA) is 39.1 Å². The smallest absolute Gasteiger partial charge is 0.236 e. The summed E-state index contributed by atoms with van der Waals surface area (Å²) in [6.45, 7) is 1.98. The quantitative estimate of drug-likeness (QED) is 0.751. The molecule has 0 unspecified atom stereocenters. The maximum absolute atomic E-state index is 11.5. The van der Waals surface area contributed by atoms with Crippen LogP contribution in [-0.2, 0) is 10.0 Å². The van der Waals surface area contributed by atoms with Gasteiger partial charge in [0.2, 0.25) is 10.0 Å². The lowest BCUT2D eigenvalue weighted by Crippen LogP contribution is -2.08. The van der Waals surface area contributed by atoms with Gasteiger partial charge in [-0.25, -0.2) is 12.4 Å². The van der Waals surface area contributed by atoms with E-state index in [9.17, 15) is 8.42 Å². The Bertz CT molecular complexity index is 628. The van der Waals surface area contributed by atoms with E-state index in [1.807, 2.05) is 25.1 Å². The van der Waals surface area contributed by atoms with E-state index in [-0.39, 0.29) is 0 Å². The standard InChI is InChI=1S/C10H10INO2S/c1-7-4-3-5-9-10(7)8(11)6-12(9)15(2,13)14/h3-6H,1-2H3. The zero-order chi connectivity index (χ0) is 11.2. The molecule has 0 aliphatic rings. The molecule has 0 fully saturated rings. The van der Waals surface area contributed by atoms with Crippen LogP contribution in [0.2, 0.25) is 0 Å². The highest BCUT2D eigenvalue weighted by molar-refractivity contribution is 14.1. The predicted octanol–water partition coefficient (Wildman–Crippen LogP) is 2.36. The average molecular weight is 335 g/mol. The fourth-order valence-electron chi connectivity index (χ4n) is 1.66. The van der Waals surface area contributed by atoms with Gasteiger partial charge in [0.1, 0.15) is 0 Å². The van der Waals surface area contributed by atoms with E-state index < -0.39 is 10.0 Å². The van der Waals surface area contributed by atoms with Crippen LogP contribution in [0.1, 0.15) is 5.56 Å². The molecule has 0 radical (unpaired) electrons. The first-order valence-corrected chi connectivity index (χ1v) is 7.30. The predicted molar refractivity (Wildman–Crippen MR) is 69.6 cm³/mol. The summed E-state index contributed by atoms with van der Waals surface area (Å²) in [5, 5.41) is 1.02. The molecule has 2 aromatic rings. The van der Waals surface area contributed by atoms with Crippen molar-refractivity contribution in [3.63, 3.8) is 0 Å². The van der Waals surface area contributed by atoms with Crippen LogP contribution in [-0.4, -0.2) is 18.6 Å². The van der Waals surface area contributed by atoms with Gasteiger partial charge in [-0.3, -0.25) is 0 Å². The summed E-state index contributed by atoms with van der Waals surface area (Å²) in [6.07, 6.45) is 2.87. The third-order valence-electron chi connectivity index (χ3n) is 2.31. The number of halogens is 1. The number of hydrogen-bond donors (Lipinski definition) is 0. The second kappa shape index (κ2) is 3.48. The minimum absolute atomic E-state index is 0.752. The molecule has 80 valence electrons. The molecule has 3 nitrogen and oxygen atoms in total. The number of nitrogens with zero attached hydrogens (tertiary/aromatic N) is 1. The maximum Gasteiger partial charge on any atom is 0.236 e. The summed E-state index contributed by atoms with van der Waals surface area (Å²) in [5.74, 6) is 0. The summed E-state index contributed by atoms with van der Waals surface area (Å²) >= 11 is 2.16. The summed E-state index contributed by atoms with van der Waals surface area (Å²) in [5.41, 5.74) is 1.85. The van der Waals surface area contributed by atoms with Gasteiger partial charge in [0.05, 0.1) is 11.8 Å². The molecule has 0 N–H and O–H groups in total. The van der Waals surface area contributed by atoms with Crippen LogP contribution in [0.25, 0.3) is 10.9 Å². The second-order valence-electron chi connectivity index (χ2n) is 3.50. The Labute approximate surface area is 102 Å². The number of rotatable bonds is 1. The van der Waals surface area contributed by atoms with Gasteiger partial charge >= 0.3 is 0 Å². The van der Waals surface area contributed by atoms with E-state index in [0.29, 0.717) is 0 Å². The van der Waals surface area contributed by atoms with Crippen molar-refractivity contribution < 1.29 is 8.42 Å². The molecule has 2 rings (SSSR count). The lowest BCUT2D eigenvalue weighted by molar-refractivity contribution is 0.595. The van der Waals surface area contributed by atoms with Crippen molar-refractivity contribution in [2.75, 3.05) is 6.26 Å². The highest BCUT2D eigenvalue weighted by Gasteiger charge is 2.14. The van der Waals surface area contributed by atoms with Crippen molar-refractivity contribution >= 4 is 43.5 Å². The molecule has 0 amide bonds. The minimum Gasteiger partial charge on any atom is -0.244 e. The van der Waals surface area contributed by atoms with Gasteiger partial charge in [0.15, 0.2) is 0 Å². The Balaban J connectivity index is 2.98. The number of hydrogen-bond acceptors (Lipinski definition) is 2. The number of fused-ring (bicyclic) bond motifs is 1. The first-order chi connectivity index (χ1) is 6.91. The van der Waals surface area contributed by atoms with E-state index in [1.54, 1.807) is 6.20 Å². The molecule has 0 spiro atoms. The summed E-state index contributed by atoms with van der Waals surface area (Å²) in [6, 6.07) is 5.68. The fourth-order valence-corrected chi connectivity index (χ4v) is 3.63. The molecule has 1 aromatic carbocycles. The van der Waals surface area contributed by atoms with Gasteiger partial charge < -0.3 is 0 Å².